The van der Waals surface area contributed by atoms with E-state index in [4.69, 9.17) is 9.93 Å². The van der Waals surface area contributed by atoms with Crippen LogP contribution in [0.1, 0.15) is 39.5 Å². The second kappa shape index (κ2) is 15.1. The van der Waals surface area contributed by atoms with Gasteiger partial charge in [0, 0.05) is 13.1 Å². The summed E-state index contributed by atoms with van der Waals surface area (Å²) < 4.78 is 4.86. The molecule has 0 spiro atoms. The van der Waals surface area contributed by atoms with Gasteiger partial charge in [0.15, 0.2) is 0 Å². The highest BCUT2D eigenvalue weighted by molar-refractivity contribution is 7.47. The molecule has 0 aromatic carbocycles. The van der Waals surface area contributed by atoms with Crippen molar-refractivity contribution in [3.05, 3.63) is 0 Å². The summed E-state index contributed by atoms with van der Waals surface area (Å²) in [4.78, 5) is 0. The summed E-state index contributed by atoms with van der Waals surface area (Å²) in [6, 6.07) is 0. The average Bonchev–Trinajstić information content (AvgIpc) is 2.38. The second-order valence-corrected chi connectivity index (χ2v) is 4.61. The van der Waals surface area contributed by atoms with Crippen LogP contribution >= 0.6 is 8.45 Å². The largest absolute Gasteiger partial charge is 0.259 e. The molecular weight excluding hydrogens is 267 g/mol. The van der Waals surface area contributed by atoms with Crippen molar-refractivity contribution in [2.75, 3.05) is 13.1 Å². The maximum atomic E-state index is 7.72. The summed E-state index contributed by atoms with van der Waals surface area (Å²) >= 11 is 0. The minimum absolute atomic E-state index is 0.793. The Bertz CT molecular complexity index is 158. The molecule has 0 saturated carbocycles. The fourth-order valence-corrected chi connectivity index (χ4v) is 1.93. The SMILES string of the molecule is CCCCNP(NCCCC)OOOOOOO. The molecule has 3 N–H and O–H groups in total. The molecule has 10 heteroatoms. The number of rotatable bonds is 14. The highest BCUT2D eigenvalue weighted by atomic mass is 31.2. The van der Waals surface area contributed by atoms with Gasteiger partial charge in [-0.05, 0) is 38.0 Å². The van der Waals surface area contributed by atoms with E-state index >= 15 is 0 Å². The monoisotopic (exact) mass is 288 g/mol. The lowest BCUT2D eigenvalue weighted by molar-refractivity contribution is -0.779. The van der Waals surface area contributed by atoms with Gasteiger partial charge in [-0.2, -0.15) is 0 Å². The van der Waals surface area contributed by atoms with E-state index in [2.05, 4.69) is 49.2 Å². The molecule has 0 aromatic rings. The van der Waals surface area contributed by atoms with E-state index in [1.165, 1.54) is 0 Å². The minimum Gasteiger partial charge on any atom is -0.259 e. The predicted molar refractivity (Wildman–Crippen MR) is 61.9 cm³/mol. The van der Waals surface area contributed by atoms with Gasteiger partial charge in [0.05, 0.1) is 0 Å². The van der Waals surface area contributed by atoms with E-state index in [-0.39, 0.29) is 0 Å². The third kappa shape index (κ3) is 12.5. The van der Waals surface area contributed by atoms with Gasteiger partial charge in [-0.1, -0.05) is 26.7 Å². The van der Waals surface area contributed by atoms with Crippen molar-refractivity contribution in [1.82, 2.24) is 10.2 Å². The van der Waals surface area contributed by atoms with Crippen molar-refractivity contribution < 1.29 is 35.1 Å². The maximum Gasteiger partial charge on any atom is 0.223 e. The van der Waals surface area contributed by atoms with Crippen LogP contribution in [0, 0.1) is 0 Å². The van der Waals surface area contributed by atoms with Crippen LogP contribution < -0.4 is 10.2 Å². The highest BCUT2D eigenvalue weighted by Gasteiger charge is 2.10. The van der Waals surface area contributed by atoms with Crippen LogP contribution in [0.3, 0.4) is 0 Å². The number of hydrogen-bond acceptors (Lipinski definition) is 9. The van der Waals surface area contributed by atoms with Crippen molar-refractivity contribution in [2.24, 2.45) is 0 Å². The predicted octanol–water partition coefficient (Wildman–Crippen LogP) is 2.14. The summed E-state index contributed by atoms with van der Waals surface area (Å²) in [6.45, 7) is 5.77. The molecule has 0 bridgehead atoms. The lowest BCUT2D eigenvalue weighted by Crippen LogP contribution is -2.22. The van der Waals surface area contributed by atoms with Gasteiger partial charge < -0.3 is 0 Å². The Balaban J connectivity index is 3.60. The molecule has 0 radical (unpaired) electrons. The van der Waals surface area contributed by atoms with E-state index in [1.807, 2.05) is 0 Å². The Kier molecular flexibility index (Phi) is 15.2. The first-order valence-corrected chi connectivity index (χ1v) is 7.03. The minimum atomic E-state index is -1.19. The van der Waals surface area contributed by atoms with Gasteiger partial charge in [-0.3, -0.25) is 10.2 Å². The first-order valence-electron chi connectivity index (χ1n) is 5.77. The second-order valence-electron chi connectivity index (χ2n) is 3.24. The molecule has 0 fully saturated rings. The molecule has 9 nitrogen and oxygen atoms in total. The van der Waals surface area contributed by atoms with Crippen LogP contribution in [0.25, 0.3) is 0 Å². The summed E-state index contributed by atoms with van der Waals surface area (Å²) in [5.74, 6) is 0. The lowest BCUT2D eigenvalue weighted by Gasteiger charge is -2.16. The molecule has 0 amide bonds. The molecule has 0 heterocycles. The molecule has 0 aromatic heterocycles. The Morgan fingerprint density at radius 2 is 1.44 bits per heavy atom. The van der Waals surface area contributed by atoms with Gasteiger partial charge in [0.2, 0.25) is 8.45 Å². The molecule has 0 aliphatic heterocycles. The van der Waals surface area contributed by atoms with Crippen LogP contribution in [-0.2, 0) is 29.9 Å². The molecular formula is C8H21N2O7P. The van der Waals surface area contributed by atoms with E-state index in [0.29, 0.717) is 0 Å². The van der Waals surface area contributed by atoms with Crippen LogP contribution in [0.5, 0.6) is 0 Å². The van der Waals surface area contributed by atoms with Gasteiger partial charge in [0.25, 0.3) is 0 Å². The van der Waals surface area contributed by atoms with Crippen molar-refractivity contribution in [3.63, 3.8) is 0 Å². The topological polar surface area (TPSA) is 99.7 Å². The first kappa shape index (κ1) is 18.1. The van der Waals surface area contributed by atoms with E-state index in [1.54, 1.807) is 0 Å². The summed E-state index contributed by atoms with van der Waals surface area (Å²) in [5, 5.41) is 32.4. The Morgan fingerprint density at radius 1 is 0.889 bits per heavy atom. The molecule has 110 valence electrons. The Labute approximate surface area is 107 Å². The van der Waals surface area contributed by atoms with E-state index in [9.17, 15) is 0 Å². The van der Waals surface area contributed by atoms with Crippen LogP contribution in [0.2, 0.25) is 0 Å². The van der Waals surface area contributed by atoms with Crippen molar-refractivity contribution in [2.45, 2.75) is 39.5 Å². The zero-order valence-corrected chi connectivity index (χ0v) is 11.5. The van der Waals surface area contributed by atoms with Gasteiger partial charge in [-0.15, -0.1) is 4.67 Å². The standard InChI is InChI=1S/C8H21N2O7P/c1-3-5-7-9-18(10-8-6-4-2)17-16-15-14-13-12-11/h9-11H,3-8H2,1-2H3. The summed E-state index contributed by atoms with van der Waals surface area (Å²) in [5.41, 5.74) is 0. The van der Waals surface area contributed by atoms with Crippen LogP contribution in [-0.4, -0.2) is 18.3 Å². The van der Waals surface area contributed by atoms with Crippen molar-refractivity contribution in [1.29, 1.82) is 0 Å². The Hall–Kier alpha value is 0.0700. The molecule has 0 unspecified atom stereocenters. The van der Waals surface area contributed by atoms with Crippen molar-refractivity contribution >= 4 is 8.45 Å². The van der Waals surface area contributed by atoms with Gasteiger partial charge in [0.1, 0.15) is 0 Å². The fourth-order valence-electron chi connectivity index (χ4n) is 0.901. The first-order chi connectivity index (χ1) is 8.85. The molecule has 0 aliphatic carbocycles. The molecule has 0 atom stereocenters. The number of unbranched alkanes of at least 4 members (excludes halogenated alkanes) is 2. The molecule has 0 aliphatic rings. The lowest BCUT2D eigenvalue weighted by atomic mass is 10.3. The third-order valence-corrected chi connectivity index (χ3v) is 3.02. The van der Waals surface area contributed by atoms with E-state index in [0.717, 1.165) is 38.8 Å². The molecule has 0 rings (SSSR count). The number of nitrogens with one attached hydrogen (secondary N) is 2. The van der Waals surface area contributed by atoms with Crippen LogP contribution in [0.15, 0.2) is 0 Å². The smallest absolute Gasteiger partial charge is 0.223 e. The fraction of sp³-hybridized carbons (Fsp3) is 1.00. The quantitative estimate of drug-likeness (QED) is 0.192. The number of hydrogen-bond donors (Lipinski definition) is 3. The van der Waals surface area contributed by atoms with Crippen LogP contribution in [0.4, 0.5) is 0 Å². The van der Waals surface area contributed by atoms with Crippen molar-refractivity contribution in [3.8, 4) is 0 Å². The highest BCUT2D eigenvalue weighted by Crippen LogP contribution is 2.26. The zero-order chi connectivity index (χ0) is 13.5. The average molecular weight is 288 g/mol. The zero-order valence-electron chi connectivity index (χ0n) is 10.6. The normalized spacial score (nSPS) is 11.3. The van der Waals surface area contributed by atoms with E-state index < -0.39 is 8.45 Å². The summed E-state index contributed by atoms with van der Waals surface area (Å²) in [7, 11) is -1.19. The van der Waals surface area contributed by atoms with Gasteiger partial charge >= 0.3 is 0 Å². The van der Waals surface area contributed by atoms with Gasteiger partial charge in [-0.25, -0.2) is 5.26 Å². The summed E-state index contributed by atoms with van der Waals surface area (Å²) in [6.07, 6.45) is 4.20. The third-order valence-electron chi connectivity index (χ3n) is 1.79. The molecule has 0 saturated heterocycles. The Morgan fingerprint density at radius 3 is 1.94 bits per heavy atom. The molecule has 18 heavy (non-hydrogen) atoms. The maximum absolute atomic E-state index is 7.72.